The van der Waals surface area contributed by atoms with Gasteiger partial charge in [0.2, 0.25) is 0 Å². The Labute approximate surface area is 142 Å². The summed E-state index contributed by atoms with van der Waals surface area (Å²) >= 11 is 1.50. The monoisotopic (exact) mass is 352 g/mol. The second-order valence-corrected chi connectivity index (χ2v) is 9.04. The van der Waals surface area contributed by atoms with E-state index in [2.05, 4.69) is 4.72 Å². The van der Waals surface area contributed by atoms with Crippen molar-refractivity contribution < 1.29 is 9.13 Å². The second kappa shape index (κ2) is 6.90. The minimum Gasteiger partial charge on any atom is -0.258 e. The molecule has 0 bridgehead atoms. The first kappa shape index (κ1) is 17.8. The van der Waals surface area contributed by atoms with Gasteiger partial charge in [-0.05, 0) is 61.7 Å². The maximum Gasteiger partial charge on any atom is 0.277 e. The molecule has 23 heavy (non-hydrogen) atoms. The van der Waals surface area contributed by atoms with Crippen molar-refractivity contribution >= 4 is 28.0 Å². The summed E-state index contributed by atoms with van der Waals surface area (Å²) in [6.45, 7) is 7.49. The quantitative estimate of drug-likeness (QED) is 0.639. The van der Waals surface area contributed by atoms with Crippen LogP contribution in [0.2, 0.25) is 0 Å². The van der Waals surface area contributed by atoms with Crippen molar-refractivity contribution in [3.8, 4) is 11.1 Å². The molecule has 5 nitrogen and oxygen atoms in total. The molecule has 0 saturated carbocycles. The van der Waals surface area contributed by atoms with Gasteiger partial charge in [0.05, 0.1) is 26.2 Å². The van der Waals surface area contributed by atoms with Crippen molar-refractivity contribution in [3.63, 3.8) is 0 Å². The van der Waals surface area contributed by atoms with E-state index in [9.17, 15) is 14.3 Å². The Morgan fingerprint density at radius 3 is 2.52 bits per heavy atom. The molecule has 0 radical (unpaired) electrons. The highest BCUT2D eigenvalue weighted by atomic mass is 32.2. The standard InChI is InChI=1S/C16H20N2O3S2/c1-11(17-23(21)16(2,3)4)12-5-6-14(13-7-8-22-10-13)15(9-12)18(19)20/h5-11,17H,1-4H3. The molecule has 1 heterocycles. The molecule has 2 aromatic rings. The number of benzene rings is 1. The summed E-state index contributed by atoms with van der Waals surface area (Å²) in [5.74, 6) is 0. The van der Waals surface area contributed by atoms with Gasteiger partial charge in [0.25, 0.3) is 5.69 Å². The highest BCUT2D eigenvalue weighted by Crippen LogP contribution is 2.33. The Morgan fingerprint density at radius 1 is 1.30 bits per heavy atom. The molecule has 7 heteroatoms. The summed E-state index contributed by atoms with van der Waals surface area (Å²) in [7, 11) is -1.24. The van der Waals surface area contributed by atoms with Crippen LogP contribution in [0.25, 0.3) is 11.1 Å². The van der Waals surface area contributed by atoms with Gasteiger partial charge in [-0.1, -0.05) is 6.07 Å². The highest BCUT2D eigenvalue weighted by Gasteiger charge is 2.23. The Hall–Kier alpha value is -1.57. The number of nitro groups is 1. The summed E-state index contributed by atoms with van der Waals surface area (Å²) < 4.78 is 14.8. The minimum absolute atomic E-state index is 0.0658. The number of rotatable bonds is 5. The van der Waals surface area contributed by atoms with Crippen LogP contribution in [0.15, 0.2) is 35.0 Å². The third-order valence-electron chi connectivity index (χ3n) is 3.39. The molecule has 2 atom stereocenters. The Kier molecular flexibility index (Phi) is 5.33. The Morgan fingerprint density at radius 2 is 2.00 bits per heavy atom. The van der Waals surface area contributed by atoms with E-state index in [0.29, 0.717) is 5.56 Å². The van der Waals surface area contributed by atoms with Crippen LogP contribution in [0.5, 0.6) is 0 Å². The van der Waals surface area contributed by atoms with Crippen LogP contribution in [-0.4, -0.2) is 13.9 Å². The maximum atomic E-state index is 12.2. The lowest BCUT2D eigenvalue weighted by molar-refractivity contribution is -0.384. The summed E-state index contributed by atoms with van der Waals surface area (Å²) in [6.07, 6.45) is 0. The predicted octanol–water partition coefficient (Wildman–Crippen LogP) is 4.44. The van der Waals surface area contributed by atoms with E-state index in [0.717, 1.165) is 11.1 Å². The first-order chi connectivity index (χ1) is 10.7. The third-order valence-corrected chi connectivity index (χ3v) is 5.75. The summed E-state index contributed by atoms with van der Waals surface area (Å²) in [5.41, 5.74) is 2.25. The van der Waals surface area contributed by atoms with E-state index < -0.39 is 15.7 Å². The molecule has 0 spiro atoms. The third kappa shape index (κ3) is 4.25. The van der Waals surface area contributed by atoms with Crippen molar-refractivity contribution in [2.45, 2.75) is 38.5 Å². The van der Waals surface area contributed by atoms with Gasteiger partial charge in [0.1, 0.15) is 0 Å². The van der Waals surface area contributed by atoms with Crippen LogP contribution in [0.3, 0.4) is 0 Å². The molecule has 2 rings (SSSR count). The summed E-state index contributed by atoms with van der Waals surface area (Å²) in [4.78, 5) is 11.0. The first-order valence-corrected chi connectivity index (χ1v) is 9.28. The van der Waals surface area contributed by atoms with E-state index in [1.54, 1.807) is 12.1 Å². The van der Waals surface area contributed by atoms with Crippen LogP contribution < -0.4 is 4.72 Å². The van der Waals surface area contributed by atoms with Gasteiger partial charge in [0.15, 0.2) is 0 Å². The average molecular weight is 352 g/mol. The lowest BCUT2D eigenvalue weighted by Gasteiger charge is -2.22. The van der Waals surface area contributed by atoms with Crippen molar-refractivity contribution in [2.24, 2.45) is 0 Å². The van der Waals surface area contributed by atoms with E-state index in [-0.39, 0.29) is 16.7 Å². The molecule has 2 unspecified atom stereocenters. The molecule has 1 aromatic heterocycles. The Balaban J connectivity index is 2.33. The molecule has 1 aromatic carbocycles. The maximum absolute atomic E-state index is 12.2. The molecule has 0 aliphatic heterocycles. The normalized spacial score (nSPS) is 14.4. The SMILES string of the molecule is CC(NS(=O)C(C)(C)C)c1ccc(-c2ccsc2)c([N+](=O)[O-])c1. The number of nitrogens with zero attached hydrogens (tertiary/aromatic N) is 1. The van der Waals surface area contributed by atoms with Crippen LogP contribution >= 0.6 is 11.3 Å². The van der Waals surface area contributed by atoms with Crippen molar-refractivity contribution in [1.29, 1.82) is 0 Å². The Bertz CT molecular complexity index is 721. The van der Waals surface area contributed by atoms with Gasteiger partial charge in [-0.25, -0.2) is 8.93 Å². The number of nitrogens with one attached hydrogen (secondary N) is 1. The van der Waals surface area contributed by atoms with Gasteiger partial charge in [0, 0.05) is 12.1 Å². The predicted molar refractivity (Wildman–Crippen MR) is 95.9 cm³/mol. The molecular formula is C16H20N2O3S2. The van der Waals surface area contributed by atoms with Crippen LogP contribution in [0, 0.1) is 10.1 Å². The topological polar surface area (TPSA) is 72.2 Å². The molecule has 0 fully saturated rings. The van der Waals surface area contributed by atoms with Crippen molar-refractivity contribution in [1.82, 2.24) is 4.72 Å². The van der Waals surface area contributed by atoms with Gasteiger partial charge >= 0.3 is 0 Å². The average Bonchev–Trinajstić information content (AvgIpc) is 2.99. The number of thiophene rings is 1. The van der Waals surface area contributed by atoms with Gasteiger partial charge < -0.3 is 0 Å². The molecule has 0 amide bonds. The van der Waals surface area contributed by atoms with Crippen LogP contribution in [0.1, 0.15) is 39.3 Å². The number of nitro benzene ring substituents is 1. The number of hydrogen-bond acceptors (Lipinski definition) is 4. The summed E-state index contributed by atoms with van der Waals surface area (Å²) in [6, 6.07) is 6.78. The highest BCUT2D eigenvalue weighted by molar-refractivity contribution is 7.84. The molecule has 0 saturated heterocycles. The zero-order valence-corrected chi connectivity index (χ0v) is 15.2. The lowest BCUT2D eigenvalue weighted by Crippen LogP contribution is -2.34. The zero-order valence-electron chi connectivity index (χ0n) is 13.5. The van der Waals surface area contributed by atoms with Crippen LogP contribution in [-0.2, 0) is 11.0 Å². The van der Waals surface area contributed by atoms with Crippen molar-refractivity contribution in [3.05, 3.63) is 50.7 Å². The van der Waals surface area contributed by atoms with Gasteiger partial charge in [-0.2, -0.15) is 11.3 Å². The molecular weight excluding hydrogens is 332 g/mol. The number of hydrogen-bond donors (Lipinski definition) is 1. The summed E-state index contributed by atoms with van der Waals surface area (Å²) in [5, 5.41) is 15.2. The van der Waals surface area contributed by atoms with E-state index >= 15 is 0 Å². The second-order valence-electron chi connectivity index (χ2n) is 6.27. The largest absolute Gasteiger partial charge is 0.277 e. The van der Waals surface area contributed by atoms with Gasteiger partial charge in [-0.3, -0.25) is 10.1 Å². The van der Waals surface area contributed by atoms with E-state index in [4.69, 9.17) is 0 Å². The fraction of sp³-hybridized carbons (Fsp3) is 0.375. The minimum atomic E-state index is -1.24. The molecule has 1 N–H and O–H groups in total. The lowest BCUT2D eigenvalue weighted by atomic mass is 10.0. The molecule has 0 aliphatic rings. The van der Waals surface area contributed by atoms with E-state index in [1.165, 1.54) is 11.3 Å². The smallest absolute Gasteiger partial charge is 0.258 e. The fourth-order valence-electron chi connectivity index (χ4n) is 2.04. The fourth-order valence-corrected chi connectivity index (χ4v) is 3.50. The molecule has 124 valence electrons. The molecule has 0 aliphatic carbocycles. The van der Waals surface area contributed by atoms with E-state index in [1.807, 2.05) is 50.6 Å². The first-order valence-electron chi connectivity index (χ1n) is 7.19. The van der Waals surface area contributed by atoms with Crippen molar-refractivity contribution in [2.75, 3.05) is 0 Å². The zero-order chi connectivity index (χ0) is 17.2. The van der Waals surface area contributed by atoms with Crippen LogP contribution in [0.4, 0.5) is 5.69 Å². The van der Waals surface area contributed by atoms with Gasteiger partial charge in [-0.15, -0.1) is 0 Å².